The van der Waals surface area contributed by atoms with E-state index in [9.17, 15) is 4.79 Å². The molecule has 2 rings (SSSR count). The first-order valence-corrected chi connectivity index (χ1v) is 8.88. The second-order valence-electron chi connectivity index (χ2n) is 5.62. The third-order valence-electron chi connectivity index (χ3n) is 3.80. The molecule has 0 radical (unpaired) electrons. The lowest BCUT2D eigenvalue weighted by atomic mass is 10.1. The third-order valence-corrected chi connectivity index (χ3v) is 4.90. The van der Waals surface area contributed by atoms with Gasteiger partial charge in [-0.15, -0.1) is 0 Å². The van der Waals surface area contributed by atoms with E-state index >= 15 is 0 Å². The maximum absolute atomic E-state index is 11.7. The molecule has 1 aliphatic rings. The molecule has 1 aromatic carbocycles. The van der Waals surface area contributed by atoms with Gasteiger partial charge in [0, 0.05) is 31.9 Å². The van der Waals surface area contributed by atoms with Crippen molar-refractivity contribution in [3.63, 3.8) is 0 Å². The number of aryl methyl sites for hydroxylation is 1. The summed E-state index contributed by atoms with van der Waals surface area (Å²) in [6, 6.07) is 8.51. The second kappa shape index (κ2) is 9.11. The molecule has 4 heteroatoms. The highest BCUT2D eigenvalue weighted by molar-refractivity contribution is 7.98. The van der Waals surface area contributed by atoms with Crippen LogP contribution in [0.3, 0.4) is 0 Å². The normalized spacial score (nSPS) is 17.9. The molecular weight excluding hydrogens is 282 g/mol. The molecular formula is C17H25NO2S. The van der Waals surface area contributed by atoms with E-state index < -0.39 is 0 Å². The summed E-state index contributed by atoms with van der Waals surface area (Å²) < 4.78 is 5.28. The third kappa shape index (κ3) is 6.10. The van der Waals surface area contributed by atoms with Crippen LogP contribution in [0.4, 0.5) is 0 Å². The van der Waals surface area contributed by atoms with Crippen molar-refractivity contribution in [2.75, 3.05) is 25.5 Å². The van der Waals surface area contributed by atoms with Gasteiger partial charge in [0.15, 0.2) is 0 Å². The van der Waals surface area contributed by atoms with Crippen LogP contribution in [0.5, 0.6) is 0 Å². The monoisotopic (exact) mass is 307 g/mol. The molecule has 1 atom stereocenters. The van der Waals surface area contributed by atoms with Crippen LogP contribution in [0, 0.1) is 12.8 Å². The van der Waals surface area contributed by atoms with Gasteiger partial charge in [-0.3, -0.25) is 4.79 Å². The summed E-state index contributed by atoms with van der Waals surface area (Å²) in [4.78, 5) is 11.7. The zero-order chi connectivity index (χ0) is 14.9. The molecule has 1 saturated heterocycles. The number of rotatable bonds is 8. The number of nitrogens with one attached hydrogen (secondary N) is 1. The molecule has 1 fully saturated rings. The summed E-state index contributed by atoms with van der Waals surface area (Å²) in [5.41, 5.74) is 2.77. The van der Waals surface area contributed by atoms with Gasteiger partial charge in [0.1, 0.15) is 0 Å². The van der Waals surface area contributed by atoms with Crippen LogP contribution in [-0.2, 0) is 15.3 Å². The minimum Gasteiger partial charge on any atom is -0.381 e. The van der Waals surface area contributed by atoms with Crippen LogP contribution in [0.2, 0.25) is 0 Å². The Kier molecular flexibility index (Phi) is 7.10. The average molecular weight is 307 g/mol. The molecule has 0 aromatic heterocycles. The topological polar surface area (TPSA) is 38.3 Å². The van der Waals surface area contributed by atoms with Gasteiger partial charge in [-0.1, -0.05) is 24.3 Å². The summed E-state index contributed by atoms with van der Waals surface area (Å²) in [6.07, 6.45) is 2.68. The zero-order valence-corrected chi connectivity index (χ0v) is 13.6. The number of carbonyl (C=O) groups excluding carboxylic acids is 1. The molecule has 1 aliphatic heterocycles. The first-order chi connectivity index (χ1) is 10.3. The van der Waals surface area contributed by atoms with Crippen molar-refractivity contribution in [1.82, 2.24) is 5.32 Å². The predicted molar refractivity (Wildman–Crippen MR) is 88.5 cm³/mol. The Hall–Kier alpha value is -1.00. The standard InChI is InChI=1S/C17H25NO2S/c1-14-5-2-3-6-16(14)13-21-10-4-8-18-17(19)11-15-7-9-20-12-15/h2-3,5-6,15H,4,7-13H2,1H3,(H,18,19)/t15-/m1/s1. The molecule has 0 unspecified atom stereocenters. The minimum atomic E-state index is 0.175. The Morgan fingerprint density at radius 3 is 3.05 bits per heavy atom. The fourth-order valence-electron chi connectivity index (χ4n) is 2.43. The van der Waals surface area contributed by atoms with Crippen LogP contribution in [0.15, 0.2) is 24.3 Å². The van der Waals surface area contributed by atoms with Crippen LogP contribution < -0.4 is 5.32 Å². The van der Waals surface area contributed by atoms with Crippen molar-refractivity contribution in [2.24, 2.45) is 5.92 Å². The van der Waals surface area contributed by atoms with E-state index in [0.717, 1.165) is 44.1 Å². The molecule has 3 nitrogen and oxygen atoms in total. The Balaban J connectivity index is 1.50. The number of benzene rings is 1. The highest BCUT2D eigenvalue weighted by Gasteiger charge is 2.18. The van der Waals surface area contributed by atoms with E-state index in [1.807, 2.05) is 11.8 Å². The Morgan fingerprint density at radius 1 is 1.43 bits per heavy atom. The van der Waals surface area contributed by atoms with Crippen LogP contribution in [0.1, 0.15) is 30.4 Å². The number of thioether (sulfide) groups is 1. The number of hydrogen-bond acceptors (Lipinski definition) is 3. The summed E-state index contributed by atoms with van der Waals surface area (Å²) in [5, 5.41) is 3.01. The molecule has 1 N–H and O–H groups in total. The molecule has 0 spiro atoms. The fourth-order valence-corrected chi connectivity index (χ4v) is 3.47. The van der Waals surface area contributed by atoms with Crippen molar-refractivity contribution in [2.45, 2.75) is 31.9 Å². The number of ether oxygens (including phenoxy) is 1. The van der Waals surface area contributed by atoms with E-state index in [1.54, 1.807) is 0 Å². The minimum absolute atomic E-state index is 0.175. The van der Waals surface area contributed by atoms with E-state index in [4.69, 9.17) is 4.74 Å². The quantitative estimate of drug-likeness (QED) is 0.750. The lowest BCUT2D eigenvalue weighted by molar-refractivity contribution is -0.122. The van der Waals surface area contributed by atoms with Gasteiger partial charge in [-0.05, 0) is 42.6 Å². The molecule has 0 saturated carbocycles. The van der Waals surface area contributed by atoms with Crippen molar-refractivity contribution < 1.29 is 9.53 Å². The predicted octanol–water partition coefficient (Wildman–Crippen LogP) is 3.16. The molecule has 0 bridgehead atoms. The van der Waals surface area contributed by atoms with Crippen LogP contribution in [-0.4, -0.2) is 31.4 Å². The number of carbonyl (C=O) groups is 1. The molecule has 1 amide bonds. The summed E-state index contributed by atoms with van der Waals surface area (Å²) >= 11 is 1.93. The van der Waals surface area contributed by atoms with Gasteiger partial charge in [-0.25, -0.2) is 0 Å². The van der Waals surface area contributed by atoms with E-state index in [-0.39, 0.29) is 5.91 Å². The molecule has 21 heavy (non-hydrogen) atoms. The molecule has 1 aromatic rings. The number of hydrogen-bond donors (Lipinski definition) is 1. The van der Waals surface area contributed by atoms with Gasteiger partial charge in [0.05, 0.1) is 0 Å². The highest BCUT2D eigenvalue weighted by atomic mass is 32.2. The SMILES string of the molecule is Cc1ccccc1CSCCCNC(=O)C[C@H]1CCOC1. The maximum atomic E-state index is 11.7. The van der Waals surface area contributed by atoms with Crippen molar-refractivity contribution in [3.8, 4) is 0 Å². The molecule has 116 valence electrons. The highest BCUT2D eigenvalue weighted by Crippen LogP contribution is 2.17. The maximum Gasteiger partial charge on any atom is 0.220 e. The average Bonchev–Trinajstić information content (AvgIpc) is 2.97. The Labute approximate surface area is 131 Å². The molecule has 1 heterocycles. The van der Waals surface area contributed by atoms with Crippen molar-refractivity contribution in [3.05, 3.63) is 35.4 Å². The van der Waals surface area contributed by atoms with Gasteiger partial charge in [0.2, 0.25) is 5.91 Å². The van der Waals surface area contributed by atoms with Crippen molar-refractivity contribution >= 4 is 17.7 Å². The van der Waals surface area contributed by atoms with E-state index in [1.165, 1.54) is 11.1 Å². The number of amides is 1. The smallest absolute Gasteiger partial charge is 0.220 e. The van der Waals surface area contributed by atoms with E-state index in [0.29, 0.717) is 12.3 Å². The first-order valence-electron chi connectivity index (χ1n) is 7.72. The van der Waals surface area contributed by atoms with Gasteiger partial charge < -0.3 is 10.1 Å². The first kappa shape index (κ1) is 16.4. The molecule has 0 aliphatic carbocycles. The fraction of sp³-hybridized carbons (Fsp3) is 0.588. The summed E-state index contributed by atoms with van der Waals surface area (Å²) in [7, 11) is 0. The van der Waals surface area contributed by atoms with Gasteiger partial charge >= 0.3 is 0 Å². The largest absolute Gasteiger partial charge is 0.381 e. The van der Waals surface area contributed by atoms with Gasteiger partial charge in [-0.2, -0.15) is 11.8 Å². The Bertz CT molecular complexity index is 444. The van der Waals surface area contributed by atoms with E-state index in [2.05, 4.69) is 36.5 Å². The Morgan fingerprint density at radius 2 is 2.29 bits per heavy atom. The summed E-state index contributed by atoms with van der Waals surface area (Å²) in [5.74, 6) is 2.75. The van der Waals surface area contributed by atoms with Crippen molar-refractivity contribution in [1.29, 1.82) is 0 Å². The van der Waals surface area contributed by atoms with Crippen LogP contribution in [0.25, 0.3) is 0 Å². The lowest BCUT2D eigenvalue weighted by Crippen LogP contribution is -2.27. The van der Waals surface area contributed by atoms with Gasteiger partial charge in [0.25, 0.3) is 0 Å². The second-order valence-corrected chi connectivity index (χ2v) is 6.72. The van der Waals surface area contributed by atoms with Crippen LogP contribution >= 0.6 is 11.8 Å². The lowest BCUT2D eigenvalue weighted by Gasteiger charge is -2.09. The summed E-state index contributed by atoms with van der Waals surface area (Å²) in [6.45, 7) is 4.50. The zero-order valence-electron chi connectivity index (χ0n) is 12.8.